The van der Waals surface area contributed by atoms with E-state index in [-0.39, 0.29) is 24.9 Å². The Morgan fingerprint density at radius 2 is 1.83 bits per heavy atom. The summed E-state index contributed by atoms with van der Waals surface area (Å²) in [7, 11) is 0. The quantitative estimate of drug-likeness (QED) is 0.327. The summed E-state index contributed by atoms with van der Waals surface area (Å²) in [5.41, 5.74) is 0.961. The number of benzene rings is 1. The minimum absolute atomic E-state index is 0.0675. The number of aryl methyl sites for hydroxylation is 1. The number of esters is 2. The molecule has 1 atom stereocenters. The van der Waals surface area contributed by atoms with Gasteiger partial charge in [-0.25, -0.2) is 0 Å². The molecule has 0 bridgehead atoms. The van der Waals surface area contributed by atoms with Crippen LogP contribution in [0.15, 0.2) is 18.2 Å². The summed E-state index contributed by atoms with van der Waals surface area (Å²) >= 11 is 5.98. The van der Waals surface area contributed by atoms with E-state index < -0.39 is 5.97 Å². The van der Waals surface area contributed by atoms with Crippen LogP contribution in [0, 0.1) is 6.92 Å². The van der Waals surface area contributed by atoms with Gasteiger partial charge in [0.1, 0.15) is 5.75 Å². The van der Waals surface area contributed by atoms with Gasteiger partial charge in [0.05, 0.1) is 11.1 Å². The number of hydrogen-bond donors (Lipinski definition) is 0. The second-order valence-corrected chi connectivity index (χ2v) is 6.46. The maximum Gasteiger partial charge on any atom is 0.311 e. The number of ether oxygens (including phenoxy) is 2. The van der Waals surface area contributed by atoms with E-state index in [1.165, 1.54) is 0 Å². The van der Waals surface area contributed by atoms with Crippen LogP contribution >= 0.6 is 11.6 Å². The molecule has 0 aromatic heterocycles. The number of unbranched alkanes of at least 4 members (excludes halogenated alkanes) is 2. The highest BCUT2D eigenvalue weighted by Gasteiger charge is 2.12. The van der Waals surface area contributed by atoms with Gasteiger partial charge in [-0.1, -0.05) is 37.4 Å². The van der Waals surface area contributed by atoms with Gasteiger partial charge < -0.3 is 9.47 Å². The summed E-state index contributed by atoms with van der Waals surface area (Å²) in [6.07, 6.45) is 4.95. The number of carbonyl (C=O) groups is 2. The largest absolute Gasteiger partial charge is 0.463 e. The molecule has 24 heavy (non-hydrogen) atoms. The average Bonchev–Trinajstić information content (AvgIpc) is 2.51. The van der Waals surface area contributed by atoms with Crippen molar-refractivity contribution in [2.24, 2.45) is 0 Å². The van der Waals surface area contributed by atoms with Gasteiger partial charge in [-0.15, -0.1) is 0 Å². The van der Waals surface area contributed by atoms with Gasteiger partial charge in [-0.3, -0.25) is 9.59 Å². The molecule has 0 fully saturated rings. The lowest BCUT2D eigenvalue weighted by atomic mass is 10.1. The Morgan fingerprint density at radius 1 is 1.12 bits per heavy atom. The minimum Gasteiger partial charge on any atom is -0.463 e. The Morgan fingerprint density at radius 3 is 2.54 bits per heavy atom. The molecular formula is C19H27ClO4. The van der Waals surface area contributed by atoms with E-state index in [0.29, 0.717) is 17.2 Å². The summed E-state index contributed by atoms with van der Waals surface area (Å²) in [5.74, 6) is -0.305. The van der Waals surface area contributed by atoms with Crippen molar-refractivity contribution >= 4 is 23.5 Å². The Bertz CT molecular complexity index is 542. The fraction of sp³-hybridized carbons (Fsp3) is 0.579. The van der Waals surface area contributed by atoms with E-state index in [1.54, 1.807) is 12.1 Å². The highest BCUT2D eigenvalue weighted by Crippen LogP contribution is 2.25. The molecule has 0 heterocycles. The lowest BCUT2D eigenvalue weighted by Crippen LogP contribution is -2.15. The SMILES string of the molecule is CCCCCC(C)OC(=O)CCCC(=O)Oc1cc(C)ccc1Cl. The molecule has 0 spiro atoms. The van der Waals surface area contributed by atoms with Crippen LogP contribution in [-0.2, 0) is 14.3 Å². The average molecular weight is 355 g/mol. The smallest absolute Gasteiger partial charge is 0.311 e. The molecule has 1 aromatic rings. The number of hydrogen-bond acceptors (Lipinski definition) is 4. The molecule has 134 valence electrons. The summed E-state index contributed by atoms with van der Waals surface area (Å²) < 4.78 is 10.6. The normalized spacial score (nSPS) is 11.8. The first-order valence-electron chi connectivity index (χ1n) is 8.58. The van der Waals surface area contributed by atoms with E-state index in [0.717, 1.165) is 31.2 Å². The molecule has 4 nitrogen and oxygen atoms in total. The first-order valence-corrected chi connectivity index (χ1v) is 8.96. The standard InChI is InChI=1S/C19H27ClO4/c1-4-5-6-8-15(3)23-18(21)9-7-10-19(22)24-17-13-14(2)11-12-16(17)20/h11-13,15H,4-10H2,1-3H3. The van der Waals surface area contributed by atoms with E-state index in [1.807, 2.05) is 19.9 Å². The third-order valence-electron chi connectivity index (χ3n) is 3.62. The summed E-state index contributed by atoms with van der Waals surface area (Å²) in [6.45, 7) is 5.94. The van der Waals surface area contributed by atoms with Crippen LogP contribution in [0.3, 0.4) is 0 Å². The van der Waals surface area contributed by atoms with E-state index in [9.17, 15) is 9.59 Å². The minimum atomic E-state index is -0.397. The monoisotopic (exact) mass is 354 g/mol. The van der Waals surface area contributed by atoms with Gasteiger partial charge in [0.15, 0.2) is 0 Å². The molecule has 1 aromatic carbocycles. The molecule has 1 unspecified atom stereocenters. The topological polar surface area (TPSA) is 52.6 Å². The van der Waals surface area contributed by atoms with Crippen LogP contribution in [-0.4, -0.2) is 18.0 Å². The van der Waals surface area contributed by atoms with Crippen molar-refractivity contribution in [3.63, 3.8) is 0 Å². The molecule has 0 aliphatic heterocycles. The third kappa shape index (κ3) is 8.34. The second kappa shape index (κ2) is 11.1. The second-order valence-electron chi connectivity index (χ2n) is 6.06. The van der Waals surface area contributed by atoms with Gasteiger partial charge >= 0.3 is 11.9 Å². The van der Waals surface area contributed by atoms with Gasteiger partial charge in [-0.05, 0) is 50.8 Å². The molecular weight excluding hydrogens is 328 g/mol. The molecule has 5 heteroatoms. The van der Waals surface area contributed by atoms with E-state index >= 15 is 0 Å². The molecule has 0 radical (unpaired) electrons. The van der Waals surface area contributed by atoms with Crippen molar-refractivity contribution in [2.45, 2.75) is 71.8 Å². The fourth-order valence-electron chi connectivity index (χ4n) is 2.26. The van der Waals surface area contributed by atoms with Crippen LogP contribution < -0.4 is 4.74 Å². The Balaban J connectivity index is 2.25. The van der Waals surface area contributed by atoms with Gasteiger partial charge in [0, 0.05) is 12.8 Å². The molecule has 0 aliphatic carbocycles. The molecule has 0 saturated carbocycles. The number of rotatable bonds is 10. The highest BCUT2D eigenvalue weighted by molar-refractivity contribution is 6.32. The summed E-state index contributed by atoms with van der Waals surface area (Å²) in [6, 6.07) is 5.25. The lowest BCUT2D eigenvalue weighted by molar-refractivity contribution is -0.148. The van der Waals surface area contributed by atoms with Crippen molar-refractivity contribution < 1.29 is 19.1 Å². The van der Waals surface area contributed by atoms with Crippen LogP contribution in [0.4, 0.5) is 0 Å². The number of halogens is 1. The van der Waals surface area contributed by atoms with Gasteiger partial charge in [0.2, 0.25) is 0 Å². The Labute approximate surface area is 149 Å². The van der Waals surface area contributed by atoms with Crippen molar-refractivity contribution in [2.75, 3.05) is 0 Å². The maximum atomic E-state index is 11.8. The van der Waals surface area contributed by atoms with Crippen molar-refractivity contribution in [3.05, 3.63) is 28.8 Å². The zero-order chi connectivity index (χ0) is 17.9. The zero-order valence-corrected chi connectivity index (χ0v) is 15.5. The van der Waals surface area contributed by atoms with Crippen molar-refractivity contribution in [3.8, 4) is 5.75 Å². The predicted molar refractivity (Wildman–Crippen MR) is 95.4 cm³/mol. The first-order chi connectivity index (χ1) is 11.4. The van der Waals surface area contributed by atoms with Crippen LogP contribution in [0.5, 0.6) is 5.75 Å². The van der Waals surface area contributed by atoms with E-state index in [4.69, 9.17) is 21.1 Å². The summed E-state index contributed by atoms with van der Waals surface area (Å²) in [5, 5.41) is 0.397. The summed E-state index contributed by atoms with van der Waals surface area (Å²) in [4.78, 5) is 23.6. The third-order valence-corrected chi connectivity index (χ3v) is 3.93. The maximum absolute atomic E-state index is 11.8. The molecule has 0 amide bonds. The number of carbonyl (C=O) groups excluding carboxylic acids is 2. The molecule has 0 aliphatic rings. The van der Waals surface area contributed by atoms with Crippen molar-refractivity contribution in [1.29, 1.82) is 0 Å². The Kier molecular flexibility index (Phi) is 9.46. The molecule has 0 saturated heterocycles. The van der Waals surface area contributed by atoms with Gasteiger partial charge in [-0.2, -0.15) is 0 Å². The molecule has 1 rings (SSSR count). The molecule has 0 N–H and O–H groups in total. The van der Waals surface area contributed by atoms with Crippen LogP contribution in [0.2, 0.25) is 5.02 Å². The van der Waals surface area contributed by atoms with E-state index in [2.05, 4.69) is 6.92 Å². The van der Waals surface area contributed by atoms with Gasteiger partial charge in [0.25, 0.3) is 0 Å². The highest BCUT2D eigenvalue weighted by atomic mass is 35.5. The van der Waals surface area contributed by atoms with Crippen molar-refractivity contribution in [1.82, 2.24) is 0 Å². The first kappa shape index (κ1) is 20.5. The van der Waals surface area contributed by atoms with Crippen LogP contribution in [0.25, 0.3) is 0 Å². The Hall–Kier alpha value is -1.55. The fourth-order valence-corrected chi connectivity index (χ4v) is 2.42. The lowest BCUT2D eigenvalue weighted by Gasteiger charge is -2.12. The van der Waals surface area contributed by atoms with Crippen LogP contribution in [0.1, 0.15) is 64.4 Å². The zero-order valence-electron chi connectivity index (χ0n) is 14.8. The predicted octanol–water partition coefficient (Wildman–Crippen LogP) is 5.24.